The Labute approximate surface area is 154 Å². The highest BCUT2D eigenvalue weighted by atomic mass is 16.3. The lowest BCUT2D eigenvalue weighted by Crippen LogP contribution is -2.32. The van der Waals surface area contributed by atoms with Crippen LogP contribution in [0.5, 0.6) is 0 Å². The molecule has 1 atom stereocenters. The van der Waals surface area contributed by atoms with Gasteiger partial charge in [0.2, 0.25) is 0 Å². The summed E-state index contributed by atoms with van der Waals surface area (Å²) in [5.74, 6) is -0.507. The summed E-state index contributed by atoms with van der Waals surface area (Å²) in [5.41, 5.74) is 1.01. The second-order valence-corrected chi connectivity index (χ2v) is 5.99. The molecule has 0 spiro atoms. The third-order valence-electron chi connectivity index (χ3n) is 4.18. The number of fused-ring (bicyclic) bond motifs is 1. The fraction of sp³-hybridized carbons (Fsp3) is 0.100. The molecule has 2 aromatic heterocycles. The first kappa shape index (κ1) is 16.7. The second-order valence-electron chi connectivity index (χ2n) is 5.99. The van der Waals surface area contributed by atoms with Crippen LogP contribution < -0.4 is 10.7 Å². The number of nitrogens with zero attached hydrogens (tertiary/aromatic N) is 3. The predicted octanol–water partition coefficient (Wildman–Crippen LogP) is 2.56. The van der Waals surface area contributed by atoms with Crippen molar-refractivity contribution in [1.82, 2.24) is 20.3 Å². The molecule has 0 unspecified atom stereocenters. The highest BCUT2D eigenvalue weighted by Crippen LogP contribution is 2.17. The Kier molecular flexibility index (Phi) is 4.49. The Morgan fingerprint density at radius 1 is 1.04 bits per heavy atom. The molecule has 134 valence electrons. The number of rotatable bonds is 5. The van der Waals surface area contributed by atoms with Gasteiger partial charge in [-0.1, -0.05) is 42.5 Å². The van der Waals surface area contributed by atoms with Crippen LogP contribution in [0.2, 0.25) is 0 Å². The number of benzene rings is 2. The Hall–Kier alpha value is -3.74. The number of para-hydroxylation sites is 1. The fourth-order valence-electron chi connectivity index (χ4n) is 2.87. The molecule has 4 rings (SSSR count). The van der Waals surface area contributed by atoms with Gasteiger partial charge in [0.15, 0.2) is 11.2 Å². The average molecular weight is 360 g/mol. The van der Waals surface area contributed by atoms with Crippen LogP contribution in [0.1, 0.15) is 22.2 Å². The summed E-state index contributed by atoms with van der Waals surface area (Å²) >= 11 is 0. The molecule has 0 saturated heterocycles. The van der Waals surface area contributed by atoms with Crippen molar-refractivity contribution in [2.24, 2.45) is 0 Å². The quantitative estimate of drug-likeness (QED) is 0.591. The van der Waals surface area contributed by atoms with Crippen molar-refractivity contribution < 1.29 is 9.21 Å². The molecule has 0 aliphatic carbocycles. The average Bonchev–Trinajstić information content (AvgIpc) is 3.21. The topological polar surface area (TPSA) is 90.0 Å². The van der Waals surface area contributed by atoms with Gasteiger partial charge in [-0.25, -0.2) is 0 Å². The largest absolute Gasteiger partial charge is 0.451 e. The van der Waals surface area contributed by atoms with E-state index in [9.17, 15) is 9.59 Å². The van der Waals surface area contributed by atoms with Crippen LogP contribution >= 0.6 is 0 Å². The molecule has 0 fully saturated rings. The molecule has 7 heteroatoms. The van der Waals surface area contributed by atoms with E-state index in [1.165, 1.54) is 10.9 Å². The molecule has 2 aromatic carbocycles. The summed E-state index contributed by atoms with van der Waals surface area (Å²) in [6.07, 6.45) is 3.15. The number of amides is 1. The Balaban J connectivity index is 1.64. The summed E-state index contributed by atoms with van der Waals surface area (Å²) in [6, 6.07) is 17.2. The van der Waals surface area contributed by atoms with Crippen LogP contribution in [-0.4, -0.2) is 20.9 Å². The van der Waals surface area contributed by atoms with E-state index < -0.39 is 5.91 Å². The van der Waals surface area contributed by atoms with Crippen LogP contribution in [0.4, 0.5) is 0 Å². The first-order chi connectivity index (χ1) is 13.2. The molecule has 0 radical (unpaired) electrons. The van der Waals surface area contributed by atoms with E-state index in [0.29, 0.717) is 17.5 Å². The Bertz CT molecular complexity index is 1120. The molecular formula is C20H16N4O3. The lowest BCUT2D eigenvalue weighted by molar-refractivity contribution is 0.0903. The van der Waals surface area contributed by atoms with E-state index in [1.807, 2.05) is 30.3 Å². The van der Waals surface area contributed by atoms with Crippen molar-refractivity contribution in [3.8, 4) is 0 Å². The van der Waals surface area contributed by atoms with Crippen LogP contribution in [0, 0.1) is 0 Å². The number of carbonyl (C=O) groups excluding carboxylic acids is 1. The van der Waals surface area contributed by atoms with Gasteiger partial charge in [-0.15, -0.1) is 0 Å². The van der Waals surface area contributed by atoms with E-state index in [0.717, 1.165) is 5.56 Å². The van der Waals surface area contributed by atoms with Crippen molar-refractivity contribution in [3.63, 3.8) is 0 Å². The zero-order chi connectivity index (χ0) is 18.6. The van der Waals surface area contributed by atoms with Crippen molar-refractivity contribution in [3.05, 3.63) is 94.6 Å². The molecule has 0 bridgehead atoms. The third kappa shape index (κ3) is 3.62. The summed E-state index contributed by atoms with van der Waals surface area (Å²) in [4.78, 5) is 26.5. The Morgan fingerprint density at radius 3 is 2.52 bits per heavy atom. The first-order valence-electron chi connectivity index (χ1n) is 8.43. The summed E-state index contributed by atoms with van der Waals surface area (Å²) in [6.45, 7) is 0.348. The Morgan fingerprint density at radius 2 is 1.74 bits per heavy atom. The van der Waals surface area contributed by atoms with Crippen molar-refractivity contribution >= 4 is 16.9 Å². The zero-order valence-electron chi connectivity index (χ0n) is 14.3. The number of carbonyl (C=O) groups is 1. The monoisotopic (exact) mass is 360 g/mol. The van der Waals surface area contributed by atoms with Gasteiger partial charge < -0.3 is 9.73 Å². The fourth-order valence-corrected chi connectivity index (χ4v) is 2.87. The van der Waals surface area contributed by atoms with Crippen LogP contribution in [0.25, 0.3) is 11.0 Å². The van der Waals surface area contributed by atoms with Crippen molar-refractivity contribution in [1.29, 1.82) is 0 Å². The molecule has 4 aromatic rings. The van der Waals surface area contributed by atoms with Gasteiger partial charge in [0.1, 0.15) is 5.58 Å². The van der Waals surface area contributed by atoms with Gasteiger partial charge in [-0.05, 0) is 17.7 Å². The molecular weight excluding hydrogens is 344 g/mol. The summed E-state index contributed by atoms with van der Waals surface area (Å²) < 4.78 is 5.63. The van der Waals surface area contributed by atoms with E-state index >= 15 is 0 Å². The smallest absolute Gasteiger partial charge is 0.287 e. The molecule has 7 nitrogen and oxygen atoms in total. The molecule has 2 heterocycles. The number of aromatic nitrogens is 3. The number of nitrogens with one attached hydrogen (secondary N) is 1. The number of hydrogen-bond donors (Lipinski definition) is 1. The third-order valence-corrected chi connectivity index (χ3v) is 4.18. The normalized spacial score (nSPS) is 12.0. The molecule has 0 saturated carbocycles. The highest BCUT2D eigenvalue weighted by Gasteiger charge is 2.19. The van der Waals surface area contributed by atoms with E-state index in [4.69, 9.17) is 4.42 Å². The minimum atomic E-state index is -0.473. The molecule has 0 aliphatic heterocycles. The van der Waals surface area contributed by atoms with Crippen molar-refractivity contribution in [2.45, 2.75) is 12.6 Å². The maximum absolute atomic E-state index is 12.8. The van der Waals surface area contributed by atoms with Crippen LogP contribution in [-0.2, 0) is 6.54 Å². The van der Waals surface area contributed by atoms with Gasteiger partial charge in [-0.2, -0.15) is 15.0 Å². The summed E-state index contributed by atoms with van der Waals surface area (Å²) in [5, 5.41) is 11.5. The minimum absolute atomic E-state index is 0.0342. The predicted molar refractivity (Wildman–Crippen MR) is 99.2 cm³/mol. The van der Waals surface area contributed by atoms with Gasteiger partial charge in [0, 0.05) is 6.07 Å². The second kappa shape index (κ2) is 7.25. The SMILES string of the molecule is O=C(N[C@H](Cn1nccn1)c1ccccc1)c1cc(=O)c2ccccc2o1. The van der Waals surface area contributed by atoms with Gasteiger partial charge >= 0.3 is 0 Å². The van der Waals surface area contributed by atoms with Crippen LogP contribution in [0.15, 0.2) is 82.3 Å². The standard InChI is InChI=1S/C20H16N4O3/c25-17-12-19(27-18-9-5-4-8-15(17)18)20(26)23-16(13-24-21-10-11-22-24)14-6-2-1-3-7-14/h1-12,16H,13H2,(H,23,26)/t16-/m1/s1. The van der Waals surface area contributed by atoms with Gasteiger partial charge in [0.05, 0.1) is 30.4 Å². The van der Waals surface area contributed by atoms with Gasteiger partial charge in [-0.3, -0.25) is 9.59 Å². The molecule has 1 N–H and O–H groups in total. The lowest BCUT2D eigenvalue weighted by Gasteiger charge is -2.18. The molecule has 0 aliphatic rings. The summed E-state index contributed by atoms with van der Waals surface area (Å²) in [7, 11) is 0. The zero-order valence-corrected chi connectivity index (χ0v) is 14.3. The molecule has 27 heavy (non-hydrogen) atoms. The number of hydrogen-bond acceptors (Lipinski definition) is 5. The van der Waals surface area contributed by atoms with E-state index in [-0.39, 0.29) is 17.2 Å². The van der Waals surface area contributed by atoms with Crippen LogP contribution in [0.3, 0.4) is 0 Å². The minimum Gasteiger partial charge on any atom is -0.451 e. The molecule has 1 amide bonds. The maximum Gasteiger partial charge on any atom is 0.287 e. The highest BCUT2D eigenvalue weighted by molar-refractivity contribution is 5.93. The first-order valence-corrected chi connectivity index (χ1v) is 8.43. The maximum atomic E-state index is 12.8. The van der Waals surface area contributed by atoms with E-state index in [1.54, 1.807) is 36.7 Å². The van der Waals surface area contributed by atoms with E-state index in [2.05, 4.69) is 15.5 Å². The lowest BCUT2D eigenvalue weighted by atomic mass is 10.1. The van der Waals surface area contributed by atoms with Gasteiger partial charge in [0.25, 0.3) is 5.91 Å². The van der Waals surface area contributed by atoms with Crippen molar-refractivity contribution in [2.75, 3.05) is 0 Å².